The molecule has 2 nitrogen and oxygen atoms in total. The molecular weight excluding hydrogens is 439 g/mol. The molecule has 0 aliphatic carbocycles. The van der Waals surface area contributed by atoms with E-state index in [0.29, 0.717) is 34.8 Å². The van der Waals surface area contributed by atoms with Crippen molar-refractivity contribution >= 4 is 35.8 Å². The summed E-state index contributed by atoms with van der Waals surface area (Å²) >= 11 is 12.6. The highest BCUT2D eigenvalue weighted by atomic mass is 35.5. The van der Waals surface area contributed by atoms with Gasteiger partial charge in [-0.05, 0) is 70.2 Å². The van der Waals surface area contributed by atoms with Crippen LogP contribution in [0.1, 0.15) is 136 Å². The average Bonchev–Trinajstić information content (AvgIpc) is 2.75. The Morgan fingerprint density at radius 1 is 0.531 bits per heavy atom. The topological polar surface area (TPSA) is 34.1 Å². The minimum absolute atomic E-state index is 0.342. The Balaban J connectivity index is 0.000000557. The third-order valence-corrected chi connectivity index (χ3v) is 5.94. The summed E-state index contributed by atoms with van der Waals surface area (Å²) in [6, 6.07) is 7.52. The number of rotatable bonds is 6. The molecule has 0 atom stereocenters. The Kier molecular flexibility index (Phi) is 13.8. The molecular formula is C28H40Cl2O2. The summed E-state index contributed by atoms with van der Waals surface area (Å²) in [4.78, 5) is 21.6. The fourth-order valence-electron chi connectivity index (χ4n) is 3.20. The molecule has 0 amide bonds. The second-order valence-corrected chi connectivity index (χ2v) is 9.64. The van der Waals surface area contributed by atoms with Gasteiger partial charge in [-0.2, -0.15) is 0 Å². The first-order valence-corrected chi connectivity index (χ1v) is 12.3. The summed E-state index contributed by atoms with van der Waals surface area (Å²) in [5.41, 5.74) is 5.67. The van der Waals surface area contributed by atoms with Crippen LogP contribution in [0, 0.1) is 0 Å². The summed E-state index contributed by atoms with van der Waals surface area (Å²) in [5, 5.41) is 1.62. The van der Waals surface area contributed by atoms with E-state index in [1.807, 2.05) is 38.1 Å². The largest absolute Gasteiger partial charge is 0.298 e. The fraction of sp³-hybridized carbons (Fsp3) is 0.500. The van der Waals surface area contributed by atoms with E-state index in [0.717, 1.165) is 44.9 Å². The maximum absolute atomic E-state index is 10.8. The van der Waals surface area contributed by atoms with Gasteiger partial charge < -0.3 is 0 Å². The van der Waals surface area contributed by atoms with Crippen LogP contribution >= 0.6 is 23.2 Å². The number of halogens is 2. The number of carbonyl (C=O) groups is 2. The van der Waals surface area contributed by atoms with Gasteiger partial charge in [0.2, 0.25) is 0 Å². The highest BCUT2D eigenvalue weighted by Crippen LogP contribution is 2.34. The first kappa shape index (κ1) is 30.4. The molecule has 0 aliphatic heterocycles. The molecule has 32 heavy (non-hydrogen) atoms. The second-order valence-electron chi connectivity index (χ2n) is 8.88. The highest BCUT2D eigenvalue weighted by molar-refractivity contribution is 6.32. The zero-order chi connectivity index (χ0) is 25.2. The molecule has 0 saturated carbocycles. The van der Waals surface area contributed by atoms with Gasteiger partial charge in [-0.15, -0.1) is 0 Å². The number of hydrogen-bond donors (Lipinski definition) is 0. The van der Waals surface area contributed by atoms with Crippen molar-refractivity contribution in [2.24, 2.45) is 0 Å². The molecule has 0 radical (unpaired) electrons. The van der Waals surface area contributed by atoms with E-state index in [1.165, 1.54) is 0 Å². The molecule has 0 N–H and O–H groups in total. The van der Waals surface area contributed by atoms with Crippen LogP contribution in [0.2, 0.25) is 10.0 Å². The van der Waals surface area contributed by atoms with E-state index in [9.17, 15) is 9.59 Å². The van der Waals surface area contributed by atoms with Crippen LogP contribution in [0.15, 0.2) is 24.3 Å². The first-order valence-electron chi connectivity index (χ1n) is 11.5. The SMILES string of the molecule is CC.CC(C)c1cc(C=O)cc(C(C)C)c1Cl.CC(C)c1cc(C=O)cc(C(C)C)c1Cl. The van der Waals surface area contributed by atoms with Crippen LogP contribution < -0.4 is 0 Å². The van der Waals surface area contributed by atoms with Crippen LogP contribution in [0.4, 0.5) is 0 Å². The minimum Gasteiger partial charge on any atom is -0.298 e. The fourth-order valence-corrected chi connectivity index (χ4v) is 4.30. The van der Waals surface area contributed by atoms with Gasteiger partial charge in [0.1, 0.15) is 12.6 Å². The van der Waals surface area contributed by atoms with Crippen LogP contribution in [0.3, 0.4) is 0 Å². The van der Waals surface area contributed by atoms with Crippen molar-refractivity contribution < 1.29 is 9.59 Å². The molecule has 0 aromatic heterocycles. The second kappa shape index (κ2) is 14.5. The normalized spacial score (nSPS) is 10.6. The van der Waals surface area contributed by atoms with E-state index in [4.69, 9.17) is 23.2 Å². The van der Waals surface area contributed by atoms with Crippen LogP contribution in [0.5, 0.6) is 0 Å². The predicted octanol–water partition coefficient (Wildman–Crippen LogP) is 9.82. The van der Waals surface area contributed by atoms with Gasteiger partial charge in [0.05, 0.1) is 0 Å². The Labute approximate surface area is 205 Å². The number of benzene rings is 2. The Morgan fingerprint density at radius 2 is 0.719 bits per heavy atom. The average molecular weight is 480 g/mol. The van der Waals surface area contributed by atoms with Crippen molar-refractivity contribution in [2.45, 2.75) is 92.9 Å². The molecule has 0 spiro atoms. The van der Waals surface area contributed by atoms with Crippen LogP contribution in [-0.4, -0.2) is 12.6 Å². The first-order chi connectivity index (χ1) is 14.9. The van der Waals surface area contributed by atoms with Crippen molar-refractivity contribution in [1.29, 1.82) is 0 Å². The molecule has 178 valence electrons. The summed E-state index contributed by atoms with van der Waals surface area (Å²) in [6.07, 6.45) is 1.77. The number of carbonyl (C=O) groups excluding carboxylic acids is 2. The van der Waals surface area contributed by atoms with Crippen molar-refractivity contribution in [3.05, 3.63) is 67.7 Å². The molecule has 2 aromatic rings. The van der Waals surface area contributed by atoms with Gasteiger partial charge in [0.15, 0.2) is 0 Å². The van der Waals surface area contributed by atoms with Gasteiger partial charge in [-0.3, -0.25) is 9.59 Å². The molecule has 0 aliphatic rings. The summed E-state index contributed by atoms with van der Waals surface area (Å²) in [5.74, 6) is 1.37. The molecule has 2 rings (SSSR count). The van der Waals surface area contributed by atoms with E-state index in [2.05, 4.69) is 55.4 Å². The smallest absolute Gasteiger partial charge is 0.150 e. The summed E-state index contributed by atoms with van der Waals surface area (Å²) in [6.45, 7) is 20.7. The lowest BCUT2D eigenvalue weighted by molar-refractivity contribution is 0.111. The lowest BCUT2D eigenvalue weighted by Crippen LogP contribution is -1.98. The monoisotopic (exact) mass is 478 g/mol. The van der Waals surface area contributed by atoms with Gasteiger partial charge in [-0.25, -0.2) is 0 Å². The molecule has 0 heterocycles. The zero-order valence-electron chi connectivity index (χ0n) is 21.3. The number of hydrogen-bond acceptors (Lipinski definition) is 2. The molecule has 0 bridgehead atoms. The third-order valence-electron chi connectivity index (χ3n) is 5.06. The summed E-state index contributed by atoms with van der Waals surface area (Å²) < 4.78 is 0. The standard InChI is InChI=1S/2C13H17ClO.C2H6/c2*1-8(2)11-5-10(7-15)6-12(9(3)4)13(11)14;1-2/h2*5-9H,1-4H3;1-2H3. The third kappa shape index (κ3) is 8.37. The highest BCUT2D eigenvalue weighted by Gasteiger charge is 2.14. The Morgan fingerprint density at radius 3 is 0.844 bits per heavy atom. The molecule has 2 aromatic carbocycles. The molecule has 4 heteroatoms. The lowest BCUT2D eigenvalue weighted by atomic mass is 9.93. The van der Waals surface area contributed by atoms with Gasteiger partial charge in [-0.1, -0.05) is 92.4 Å². The van der Waals surface area contributed by atoms with Crippen molar-refractivity contribution in [2.75, 3.05) is 0 Å². The maximum atomic E-state index is 10.8. The van der Waals surface area contributed by atoms with E-state index >= 15 is 0 Å². The van der Waals surface area contributed by atoms with Crippen LogP contribution in [-0.2, 0) is 0 Å². The molecule has 0 saturated heterocycles. The Bertz CT molecular complexity index is 749. The van der Waals surface area contributed by atoms with Gasteiger partial charge >= 0.3 is 0 Å². The molecule has 0 unspecified atom stereocenters. The van der Waals surface area contributed by atoms with Crippen molar-refractivity contribution in [3.8, 4) is 0 Å². The molecule has 0 fully saturated rings. The van der Waals surface area contributed by atoms with Crippen molar-refractivity contribution in [1.82, 2.24) is 0 Å². The quantitative estimate of drug-likeness (QED) is 0.386. The van der Waals surface area contributed by atoms with Crippen molar-refractivity contribution in [3.63, 3.8) is 0 Å². The van der Waals surface area contributed by atoms with E-state index in [1.54, 1.807) is 0 Å². The lowest BCUT2D eigenvalue weighted by Gasteiger charge is -2.15. The number of aldehydes is 2. The van der Waals surface area contributed by atoms with E-state index < -0.39 is 0 Å². The maximum Gasteiger partial charge on any atom is 0.150 e. The Hall–Kier alpha value is -1.64. The zero-order valence-corrected chi connectivity index (χ0v) is 22.9. The van der Waals surface area contributed by atoms with Gasteiger partial charge in [0, 0.05) is 21.2 Å². The predicted molar refractivity (Wildman–Crippen MR) is 141 cm³/mol. The van der Waals surface area contributed by atoms with E-state index in [-0.39, 0.29) is 0 Å². The van der Waals surface area contributed by atoms with Gasteiger partial charge in [0.25, 0.3) is 0 Å². The summed E-state index contributed by atoms with van der Waals surface area (Å²) in [7, 11) is 0. The van der Waals surface area contributed by atoms with Crippen LogP contribution in [0.25, 0.3) is 0 Å². The minimum atomic E-state index is 0.342.